The molecule has 1 unspecified atom stereocenters. The molecule has 0 amide bonds. The monoisotopic (exact) mass is 301 g/mol. The third-order valence-corrected chi connectivity index (χ3v) is 6.52. The molecule has 20 heavy (non-hydrogen) atoms. The van der Waals surface area contributed by atoms with Gasteiger partial charge in [0.15, 0.2) is 0 Å². The Morgan fingerprint density at radius 3 is 2.50 bits per heavy atom. The molecule has 0 aromatic rings. The van der Waals surface area contributed by atoms with Crippen LogP contribution in [0.4, 0.5) is 0 Å². The second-order valence-corrected chi connectivity index (χ2v) is 8.49. The van der Waals surface area contributed by atoms with Gasteiger partial charge in [0, 0.05) is 31.2 Å². The van der Waals surface area contributed by atoms with E-state index in [4.69, 9.17) is 0 Å². The molecule has 0 spiro atoms. The summed E-state index contributed by atoms with van der Waals surface area (Å²) in [6.07, 6.45) is 7.58. The number of rotatable bonds is 6. The zero-order chi connectivity index (χ0) is 14.2. The summed E-state index contributed by atoms with van der Waals surface area (Å²) in [7, 11) is -3.30. The van der Waals surface area contributed by atoms with E-state index in [2.05, 4.69) is 17.0 Å². The number of hydrogen-bond donors (Lipinski definition) is 2. The molecule has 3 fully saturated rings. The van der Waals surface area contributed by atoms with Crippen LogP contribution in [0.5, 0.6) is 0 Å². The second kappa shape index (κ2) is 5.91. The Hall–Kier alpha value is -0.170. The quantitative estimate of drug-likeness (QED) is 0.775. The van der Waals surface area contributed by atoms with Gasteiger partial charge in [-0.2, -0.15) is 17.4 Å². The van der Waals surface area contributed by atoms with Crippen LogP contribution in [0.3, 0.4) is 0 Å². The summed E-state index contributed by atoms with van der Waals surface area (Å²) >= 11 is 0. The van der Waals surface area contributed by atoms with Crippen LogP contribution in [0, 0.1) is 5.92 Å². The van der Waals surface area contributed by atoms with E-state index < -0.39 is 10.2 Å². The Balaban J connectivity index is 1.58. The maximum absolute atomic E-state index is 12.6. The van der Waals surface area contributed by atoms with Crippen molar-refractivity contribution in [2.24, 2.45) is 5.92 Å². The van der Waals surface area contributed by atoms with Gasteiger partial charge >= 0.3 is 0 Å². The smallest absolute Gasteiger partial charge is 0.279 e. The van der Waals surface area contributed by atoms with Crippen LogP contribution < -0.4 is 10.0 Å². The highest BCUT2D eigenvalue weighted by Crippen LogP contribution is 2.28. The largest absolute Gasteiger partial charge is 0.312 e. The summed E-state index contributed by atoms with van der Waals surface area (Å²) in [4.78, 5) is 0. The third kappa shape index (κ3) is 3.53. The van der Waals surface area contributed by atoms with Crippen molar-refractivity contribution >= 4 is 10.2 Å². The Labute approximate surface area is 122 Å². The predicted molar refractivity (Wildman–Crippen MR) is 79.6 cm³/mol. The standard InChI is InChI=1S/C14H27N3O2S/c1-11-8-13(9-11)16-20(18,19)17-7-3-2-4-14(17)10-15-12-5-6-12/h11-16H,2-10H2,1H3. The minimum absolute atomic E-state index is 0.138. The van der Waals surface area contributed by atoms with Crippen molar-refractivity contribution in [3.63, 3.8) is 0 Å². The molecule has 116 valence electrons. The lowest BCUT2D eigenvalue weighted by atomic mass is 9.83. The van der Waals surface area contributed by atoms with E-state index in [0.29, 0.717) is 18.5 Å². The Morgan fingerprint density at radius 2 is 1.85 bits per heavy atom. The van der Waals surface area contributed by atoms with E-state index in [0.717, 1.165) is 38.6 Å². The fraction of sp³-hybridized carbons (Fsp3) is 1.00. The highest BCUT2D eigenvalue weighted by Gasteiger charge is 2.37. The molecule has 3 aliphatic rings. The number of hydrogen-bond acceptors (Lipinski definition) is 3. The van der Waals surface area contributed by atoms with Crippen molar-refractivity contribution in [1.29, 1.82) is 0 Å². The number of nitrogens with zero attached hydrogens (tertiary/aromatic N) is 1. The van der Waals surface area contributed by atoms with Gasteiger partial charge in [-0.3, -0.25) is 0 Å². The molecule has 0 bridgehead atoms. The van der Waals surface area contributed by atoms with Gasteiger partial charge in [-0.15, -0.1) is 0 Å². The van der Waals surface area contributed by atoms with Crippen molar-refractivity contribution in [3.8, 4) is 0 Å². The molecule has 1 heterocycles. The van der Waals surface area contributed by atoms with Gasteiger partial charge in [0.2, 0.25) is 0 Å². The third-order valence-electron chi connectivity index (χ3n) is 4.79. The van der Waals surface area contributed by atoms with E-state index in [-0.39, 0.29) is 12.1 Å². The van der Waals surface area contributed by atoms with E-state index in [1.807, 2.05) is 0 Å². The van der Waals surface area contributed by atoms with Crippen molar-refractivity contribution in [2.45, 2.75) is 70.0 Å². The van der Waals surface area contributed by atoms with Crippen LogP contribution in [0.1, 0.15) is 51.9 Å². The Bertz CT molecular complexity index is 430. The first-order chi connectivity index (χ1) is 9.54. The molecular formula is C14H27N3O2S. The molecule has 0 radical (unpaired) electrons. The van der Waals surface area contributed by atoms with Crippen LogP contribution in [0.2, 0.25) is 0 Å². The molecular weight excluding hydrogens is 274 g/mol. The van der Waals surface area contributed by atoms with Crippen molar-refractivity contribution < 1.29 is 8.42 Å². The zero-order valence-electron chi connectivity index (χ0n) is 12.3. The van der Waals surface area contributed by atoms with Crippen LogP contribution >= 0.6 is 0 Å². The Kier molecular flexibility index (Phi) is 4.36. The summed E-state index contributed by atoms with van der Waals surface area (Å²) in [5.41, 5.74) is 0. The Morgan fingerprint density at radius 1 is 1.10 bits per heavy atom. The molecule has 2 aliphatic carbocycles. The van der Waals surface area contributed by atoms with Gasteiger partial charge in [-0.05, 0) is 44.4 Å². The molecule has 5 nitrogen and oxygen atoms in total. The molecule has 1 atom stereocenters. The minimum atomic E-state index is -3.30. The number of piperidine rings is 1. The zero-order valence-corrected chi connectivity index (χ0v) is 13.2. The number of nitrogens with one attached hydrogen (secondary N) is 2. The average molecular weight is 301 g/mol. The maximum atomic E-state index is 12.6. The molecule has 1 aliphatic heterocycles. The molecule has 6 heteroatoms. The summed E-state index contributed by atoms with van der Waals surface area (Å²) in [5.74, 6) is 0.663. The molecule has 1 saturated heterocycles. The summed E-state index contributed by atoms with van der Waals surface area (Å²) in [6.45, 7) is 3.66. The van der Waals surface area contributed by atoms with Crippen molar-refractivity contribution in [3.05, 3.63) is 0 Å². The SMILES string of the molecule is CC1CC(NS(=O)(=O)N2CCCCC2CNC2CC2)C1. The fourth-order valence-corrected chi connectivity index (χ4v) is 5.05. The molecule has 0 aromatic heterocycles. The first-order valence-corrected chi connectivity index (χ1v) is 9.51. The van der Waals surface area contributed by atoms with Crippen molar-refractivity contribution in [2.75, 3.05) is 13.1 Å². The first kappa shape index (κ1) is 14.8. The fourth-order valence-electron chi connectivity index (χ4n) is 3.36. The summed E-state index contributed by atoms with van der Waals surface area (Å²) in [6, 6.07) is 0.940. The van der Waals surface area contributed by atoms with E-state index in [9.17, 15) is 8.42 Å². The van der Waals surface area contributed by atoms with Crippen LogP contribution in [0.15, 0.2) is 0 Å². The highest BCUT2D eigenvalue weighted by molar-refractivity contribution is 7.87. The first-order valence-electron chi connectivity index (χ1n) is 8.07. The van der Waals surface area contributed by atoms with Crippen LogP contribution in [0.25, 0.3) is 0 Å². The van der Waals surface area contributed by atoms with Crippen LogP contribution in [-0.4, -0.2) is 43.9 Å². The molecule has 2 N–H and O–H groups in total. The van der Waals surface area contributed by atoms with Gasteiger partial charge in [0.25, 0.3) is 10.2 Å². The predicted octanol–water partition coefficient (Wildman–Crippen LogP) is 1.23. The van der Waals surface area contributed by atoms with Crippen molar-refractivity contribution in [1.82, 2.24) is 14.3 Å². The normalized spacial score (nSPS) is 35.8. The minimum Gasteiger partial charge on any atom is -0.312 e. The molecule has 0 aromatic carbocycles. The maximum Gasteiger partial charge on any atom is 0.279 e. The van der Waals surface area contributed by atoms with E-state index >= 15 is 0 Å². The molecule has 3 rings (SSSR count). The van der Waals surface area contributed by atoms with Gasteiger partial charge < -0.3 is 5.32 Å². The lowest BCUT2D eigenvalue weighted by Crippen LogP contribution is -2.56. The molecule has 2 saturated carbocycles. The van der Waals surface area contributed by atoms with Crippen LogP contribution in [-0.2, 0) is 10.2 Å². The average Bonchev–Trinajstić information content (AvgIpc) is 3.18. The summed E-state index contributed by atoms with van der Waals surface area (Å²) < 4.78 is 29.7. The van der Waals surface area contributed by atoms with E-state index in [1.54, 1.807) is 4.31 Å². The van der Waals surface area contributed by atoms with Gasteiger partial charge in [0.1, 0.15) is 0 Å². The van der Waals surface area contributed by atoms with Gasteiger partial charge in [-0.1, -0.05) is 13.3 Å². The second-order valence-electron chi connectivity index (χ2n) is 6.84. The van der Waals surface area contributed by atoms with E-state index in [1.165, 1.54) is 12.8 Å². The lowest BCUT2D eigenvalue weighted by molar-refractivity contribution is 0.227. The summed E-state index contributed by atoms with van der Waals surface area (Å²) in [5, 5.41) is 3.48. The van der Waals surface area contributed by atoms with Gasteiger partial charge in [0.05, 0.1) is 0 Å². The lowest BCUT2D eigenvalue weighted by Gasteiger charge is -2.39. The highest BCUT2D eigenvalue weighted by atomic mass is 32.2. The van der Waals surface area contributed by atoms with Gasteiger partial charge in [-0.25, -0.2) is 0 Å². The topological polar surface area (TPSA) is 61.4 Å².